The van der Waals surface area contributed by atoms with E-state index in [0.717, 1.165) is 38.6 Å². The van der Waals surface area contributed by atoms with Gasteiger partial charge in [-0.3, -0.25) is 4.79 Å². The number of Topliss-reactive ketones (excluding diaryl/α,β-unsaturated/α-hetero) is 1. The van der Waals surface area contributed by atoms with Crippen LogP contribution in [0.3, 0.4) is 0 Å². The van der Waals surface area contributed by atoms with Gasteiger partial charge in [-0.2, -0.15) is 0 Å². The molecule has 0 radical (unpaired) electrons. The molecular weight excluding hydrogens is 408 g/mol. The van der Waals surface area contributed by atoms with Gasteiger partial charge in [-0.25, -0.2) is 4.79 Å². The monoisotopic (exact) mass is 426 g/mol. The van der Waals surface area contributed by atoms with E-state index in [1.54, 1.807) is 6.08 Å². The van der Waals surface area contributed by atoms with Crippen molar-refractivity contribution in [3.05, 3.63) is 131 Å². The van der Waals surface area contributed by atoms with Crippen LogP contribution in [-0.2, 0) is 20.4 Å². The lowest BCUT2D eigenvalue weighted by atomic mass is 9.68. The third-order valence-corrected chi connectivity index (χ3v) is 7.59. The number of hydrogen-bond acceptors (Lipinski definition) is 2. The summed E-state index contributed by atoms with van der Waals surface area (Å²) in [5.74, 6) is -1.15. The number of ketones is 1. The van der Waals surface area contributed by atoms with Crippen LogP contribution in [0.25, 0.3) is 21.9 Å². The number of rotatable bonds is 3. The molecule has 3 aliphatic carbocycles. The van der Waals surface area contributed by atoms with Gasteiger partial charge in [0.2, 0.25) is 0 Å². The summed E-state index contributed by atoms with van der Waals surface area (Å²) in [6, 6.07) is 31.3. The lowest BCUT2D eigenvalue weighted by molar-refractivity contribution is -0.134. The van der Waals surface area contributed by atoms with Crippen molar-refractivity contribution in [1.82, 2.24) is 0 Å². The smallest absolute Gasteiger partial charge is 0.333 e. The zero-order valence-electron chi connectivity index (χ0n) is 17.6. The van der Waals surface area contributed by atoms with Crippen molar-refractivity contribution in [2.24, 2.45) is 0 Å². The second kappa shape index (κ2) is 5.96. The summed E-state index contributed by atoms with van der Waals surface area (Å²) in [7, 11) is 0. The SMILES string of the molecule is O=C(O)C1=CC2(c3ccccc3)C(=O)C1(c1ccccc1)C1=C2c2cccc3cccc1c23. The largest absolute Gasteiger partial charge is 0.478 e. The Morgan fingerprint density at radius 3 is 1.85 bits per heavy atom. The first-order valence-electron chi connectivity index (χ1n) is 11.0. The van der Waals surface area contributed by atoms with E-state index in [-0.39, 0.29) is 11.4 Å². The van der Waals surface area contributed by atoms with Crippen LogP contribution in [0.15, 0.2) is 109 Å². The highest BCUT2D eigenvalue weighted by Gasteiger charge is 2.71. The van der Waals surface area contributed by atoms with Crippen LogP contribution < -0.4 is 0 Å². The maximum Gasteiger partial charge on any atom is 0.333 e. The zero-order chi connectivity index (χ0) is 22.4. The first-order chi connectivity index (χ1) is 16.1. The van der Waals surface area contributed by atoms with Gasteiger partial charge in [0, 0.05) is 0 Å². The minimum absolute atomic E-state index is 0.0960. The predicted molar refractivity (Wildman–Crippen MR) is 128 cm³/mol. The number of aliphatic carboxylic acids is 1. The van der Waals surface area contributed by atoms with Crippen molar-refractivity contribution in [2.75, 3.05) is 0 Å². The van der Waals surface area contributed by atoms with Crippen molar-refractivity contribution in [3.63, 3.8) is 0 Å². The lowest BCUT2D eigenvalue weighted by Gasteiger charge is -2.30. The van der Waals surface area contributed by atoms with Gasteiger partial charge in [0.1, 0.15) is 10.8 Å². The predicted octanol–water partition coefficient (Wildman–Crippen LogP) is 5.55. The zero-order valence-corrected chi connectivity index (χ0v) is 17.6. The maximum absolute atomic E-state index is 14.7. The molecule has 0 amide bonds. The number of carboxylic acid groups (broad SMARTS) is 1. The highest BCUT2D eigenvalue weighted by Crippen LogP contribution is 2.70. The Kier molecular flexibility index (Phi) is 3.31. The van der Waals surface area contributed by atoms with Crippen molar-refractivity contribution in [1.29, 1.82) is 0 Å². The van der Waals surface area contributed by atoms with Crippen molar-refractivity contribution in [3.8, 4) is 0 Å². The average Bonchev–Trinajstić information content (AvgIpc) is 3.42. The molecule has 4 aromatic rings. The molecule has 7 rings (SSSR count). The quantitative estimate of drug-likeness (QED) is 0.468. The Bertz CT molecular complexity index is 1590. The fourth-order valence-corrected chi connectivity index (χ4v) is 6.47. The van der Waals surface area contributed by atoms with E-state index < -0.39 is 16.8 Å². The molecule has 0 saturated carbocycles. The van der Waals surface area contributed by atoms with E-state index in [1.807, 2.05) is 78.9 Å². The molecule has 3 aliphatic rings. The fraction of sp³-hybridized carbons (Fsp3) is 0.0667. The molecule has 0 fully saturated rings. The minimum Gasteiger partial charge on any atom is -0.478 e. The van der Waals surface area contributed by atoms with E-state index in [2.05, 4.69) is 18.2 Å². The average molecular weight is 426 g/mol. The Balaban J connectivity index is 1.71. The molecule has 0 aromatic heterocycles. The molecule has 3 nitrogen and oxygen atoms in total. The van der Waals surface area contributed by atoms with Crippen LogP contribution in [0, 0.1) is 0 Å². The van der Waals surface area contributed by atoms with E-state index >= 15 is 0 Å². The van der Waals surface area contributed by atoms with Crippen LogP contribution in [0.2, 0.25) is 0 Å². The molecule has 2 unspecified atom stereocenters. The van der Waals surface area contributed by atoms with Gasteiger partial charge >= 0.3 is 5.97 Å². The van der Waals surface area contributed by atoms with Gasteiger partial charge in [0.15, 0.2) is 5.78 Å². The van der Waals surface area contributed by atoms with E-state index in [4.69, 9.17) is 0 Å². The van der Waals surface area contributed by atoms with Gasteiger partial charge in [0.25, 0.3) is 0 Å². The van der Waals surface area contributed by atoms with Crippen LogP contribution in [0.1, 0.15) is 22.3 Å². The standard InChI is InChI=1S/C30H18O3/c31-27(32)23-17-29(19-11-3-1-4-12-19)25-21-15-7-9-18-10-8-16-22(24(18)21)26(25)30(23,28(29)33)20-13-5-2-6-14-20/h1-17H,(H,31,32). The third kappa shape index (κ3) is 1.89. The molecule has 1 N–H and O–H groups in total. The number of benzene rings is 4. The van der Waals surface area contributed by atoms with Crippen LogP contribution >= 0.6 is 0 Å². The molecule has 2 atom stereocenters. The van der Waals surface area contributed by atoms with E-state index in [9.17, 15) is 14.7 Å². The maximum atomic E-state index is 14.7. The Morgan fingerprint density at radius 1 is 0.667 bits per heavy atom. The first-order valence-corrected chi connectivity index (χ1v) is 11.0. The van der Waals surface area contributed by atoms with Gasteiger partial charge in [-0.1, -0.05) is 97.1 Å². The first kappa shape index (κ1) is 18.3. The van der Waals surface area contributed by atoms with Crippen molar-refractivity contribution < 1.29 is 14.7 Å². The topological polar surface area (TPSA) is 54.4 Å². The summed E-state index contributed by atoms with van der Waals surface area (Å²) in [4.78, 5) is 27.5. The highest BCUT2D eigenvalue weighted by atomic mass is 16.4. The third-order valence-electron chi connectivity index (χ3n) is 7.59. The Morgan fingerprint density at radius 2 is 1.24 bits per heavy atom. The van der Waals surface area contributed by atoms with Crippen LogP contribution in [-0.4, -0.2) is 16.9 Å². The van der Waals surface area contributed by atoms with Gasteiger partial charge in [-0.15, -0.1) is 0 Å². The molecule has 3 heteroatoms. The molecule has 0 heterocycles. The number of carbonyl (C=O) groups is 2. The Labute approximate surface area is 190 Å². The lowest BCUT2D eigenvalue weighted by Crippen LogP contribution is -2.40. The van der Waals surface area contributed by atoms with Crippen LogP contribution in [0.4, 0.5) is 0 Å². The Hall–Kier alpha value is -4.24. The summed E-state index contributed by atoms with van der Waals surface area (Å²) < 4.78 is 0. The van der Waals surface area contributed by atoms with Gasteiger partial charge in [0.05, 0.1) is 5.57 Å². The molecule has 0 aliphatic heterocycles. The van der Waals surface area contributed by atoms with Crippen LogP contribution in [0.5, 0.6) is 0 Å². The fourth-order valence-electron chi connectivity index (χ4n) is 6.47. The number of carbonyl (C=O) groups excluding carboxylic acids is 1. The molecule has 4 aromatic carbocycles. The summed E-state index contributed by atoms with van der Waals surface area (Å²) in [5, 5.41) is 12.6. The van der Waals surface area contributed by atoms with Gasteiger partial charge < -0.3 is 5.11 Å². The number of carboxylic acids is 1. The second-order valence-electron chi connectivity index (χ2n) is 8.94. The number of allylic oxidation sites excluding steroid dienone is 3. The molecule has 2 bridgehead atoms. The molecule has 0 spiro atoms. The number of fused-ring (bicyclic) bond motifs is 6. The highest BCUT2D eigenvalue weighted by molar-refractivity contribution is 6.39. The molecular formula is C30H18O3. The summed E-state index contributed by atoms with van der Waals surface area (Å²) in [6.45, 7) is 0. The van der Waals surface area contributed by atoms with Crippen molar-refractivity contribution in [2.45, 2.75) is 10.8 Å². The van der Waals surface area contributed by atoms with Gasteiger partial charge in [-0.05, 0) is 50.2 Å². The summed E-state index contributed by atoms with van der Waals surface area (Å²) in [6.07, 6.45) is 1.73. The van der Waals surface area contributed by atoms with Crippen molar-refractivity contribution >= 4 is 33.7 Å². The summed E-state index contributed by atoms with van der Waals surface area (Å²) >= 11 is 0. The second-order valence-corrected chi connectivity index (χ2v) is 8.94. The molecule has 0 saturated heterocycles. The molecule has 156 valence electrons. The summed E-state index contributed by atoms with van der Waals surface area (Å²) in [5.41, 5.74) is 2.89. The van der Waals surface area contributed by atoms with E-state index in [0.29, 0.717) is 5.56 Å². The van der Waals surface area contributed by atoms with E-state index in [1.165, 1.54) is 0 Å². The molecule has 33 heavy (non-hydrogen) atoms. The normalized spacial score (nSPS) is 24.4. The number of hydrogen-bond donors (Lipinski definition) is 1. The minimum atomic E-state index is -1.36.